The maximum absolute atomic E-state index is 13.2. The van der Waals surface area contributed by atoms with Gasteiger partial charge in [-0.2, -0.15) is 0 Å². The lowest BCUT2D eigenvalue weighted by Gasteiger charge is -2.26. The van der Waals surface area contributed by atoms with E-state index in [2.05, 4.69) is 10.6 Å². The van der Waals surface area contributed by atoms with Crippen LogP contribution in [0, 0.1) is 18.7 Å². The van der Waals surface area contributed by atoms with Gasteiger partial charge >= 0.3 is 0 Å². The summed E-state index contributed by atoms with van der Waals surface area (Å²) in [5.74, 6) is 0.0946. The fourth-order valence-electron chi connectivity index (χ4n) is 1.70. The second-order valence-electron chi connectivity index (χ2n) is 4.19. The van der Waals surface area contributed by atoms with Crippen LogP contribution in [0.25, 0.3) is 0 Å². The third-order valence-corrected chi connectivity index (χ3v) is 2.88. The summed E-state index contributed by atoms with van der Waals surface area (Å²) in [5.41, 5.74) is 1.06. The zero-order valence-electron chi connectivity index (χ0n) is 9.22. The van der Waals surface area contributed by atoms with Gasteiger partial charge in [0.05, 0.1) is 0 Å². The second-order valence-corrected chi connectivity index (χ2v) is 4.19. The average molecular weight is 222 g/mol. The summed E-state index contributed by atoms with van der Waals surface area (Å²) in [6, 6.07) is 4.71. The van der Waals surface area contributed by atoms with Crippen LogP contribution in [0.2, 0.25) is 0 Å². The first kappa shape index (κ1) is 11.1. The first-order valence-corrected chi connectivity index (χ1v) is 5.42. The quantitative estimate of drug-likeness (QED) is 0.817. The van der Waals surface area contributed by atoms with Crippen LogP contribution in [0.3, 0.4) is 0 Å². The predicted molar refractivity (Wildman–Crippen MR) is 60.7 cm³/mol. The normalized spacial score (nSPS) is 15.6. The molecule has 1 saturated heterocycles. The Labute approximate surface area is 94.0 Å². The molecule has 0 aliphatic carbocycles. The van der Waals surface area contributed by atoms with Crippen molar-refractivity contribution in [1.29, 1.82) is 0 Å². The minimum Gasteiger partial charge on any atom is -0.326 e. The van der Waals surface area contributed by atoms with E-state index in [1.165, 1.54) is 6.07 Å². The summed E-state index contributed by atoms with van der Waals surface area (Å²) in [6.07, 6.45) is 0.503. The van der Waals surface area contributed by atoms with Crippen molar-refractivity contribution in [2.24, 2.45) is 5.92 Å². The summed E-state index contributed by atoms with van der Waals surface area (Å²) in [4.78, 5) is 11.6. The molecule has 1 aliphatic rings. The number of amides is 1. The van der Waals surface area contributed by atoms with Crippen molar-refractivity contribution in [2.45, 2.75) is 13.3 Å². The minimum absolute atomic E-state index is 0.0415. The van der Waals surface area contributed by atoms with Gasteiger partial charge in [0.15, 0.2) is 0 Å². The Morgan fingerprint density at radius 1 is 1.56 bits per heavy atom. The number of carbonyl (C=O) groups is 1. The predicted octanol–water partition coefficient (Wildman–Crippen LogP) is 1.68. The smallest absolute Gasteiger partial charge is 0.224 e. The van der Waals surface area contributed by atoms with Crippen LogP contribution in [0.15, 0.2) is 18.2 Å². The molecule has 0 atom stereocenters. The molecule has 16 heavy (non-hydrogen) atoms. The fourth-order valence-corrected chi connectivity index (χ4v) is 1.70. The molecule has 1 heterocycles. The zero-order valence-corrected chi connectivity index (χ0v) is 9.22. The molecule has 0 aromatic heterocycles. The summed E-state index contributed by atoms with van der Waals surface area (Å²) in [6.45, 7) is 3.46. The van der Waals surface area contributed by atoms with Crippen LogP contribution >= 0.6 is 0 Å². The van der Waals surface area contributed by atoms with Crippen LogP contribution in [-0.2, 0) is 4.79 Å². The average Bonchev–Trinajstić information content (AvgIpc) is 2.19. The minimum atomic E-state index is -0.289. The van der Waals surface area contributed by atoms with Gasteiger partial charge < -0.3 is 10.6 Å². The van der Waals surface area contributed by atoms with Gasteiger partial charge in [0.2, 0.25) is 5.91 Å². The number of halogens is 1. The number of benzene rings is 1. The number of nitrogens with one attached hydrogen (secondary N) is 2. The number of carbonyl (C=O) groups excluding carboxylic acids is 1. The monoisotopic (exact) mass is 222 g/mol. The van der Waals surface area contributed by atoms with Crippen molar-refractivity contribution in [3.05, 3.63) is 29.6 Å². The molecule has 86 valence electrons. The van der Waals surface area contributed by atoms with Crippen molar-refractivity contribution < 1.29 is 9.18 Å². The first-order chi connectivity index (χ1) is 7.66. The van der Waals surface area contributed by atoms with E-state index in [4.69, 9.17) is 0 Å². The number of hydrogen-bond donors (Lipinski definition) is 2. The molecule has 0 saturated carbocycles. The van der Waals surface area contributed by atoms with E-state index in [0.717, 1.165) is 13.1 Å². The molecule has 1 fully saturated rings. The van der Waals surface area contributed by atoms with Gasteiger partial charge in [-0.1, -0.05) is 6.07 Å². The maximum Gasteiger partial charge on any atom is 0.224 e. The topological polar surface area (TPSA) is 41.1 Å². The van der Waals surface area contributed by atoms with Gasteiger partial charge in [0.1, 0.15) is 5.82 Å². The lowest BCUT2D eigenvalue weighted by Crippen LogP contribution is -2.43. The third-order valence-electron chi connectivity index (χ3n) is 2.88. The standard InChI is InChI=1S/C12H15FN2O/c1-8-10(13)3-2-4-11(8)15-12(16)5-9-6-14-7-9/h2-4,9,14H,5-7H2,1H3,(H,15,16). The third kappa shape index (κ3) is 2.39. The summed E-state index contributed by atoms with van der Waals surface area (Å²) in [7, 11) is 0. The molecule has 0 unspecified atom stereocenters. The molecule has 2 rings (SSSR count). The molecule has 1 aromatic carbocycles. The van der Waals surface area contributed by atoms with E-state index >= 15 is 0 Å². The molecular formula is C12H15FN2O. The number of anilines is 1. The molecule has 3 nitrogen and oxygen atoms in total. The maximum atomic E-state index is 13.2. The molecule has 0 bridgehead atoms. The van der Waals surface area contributed by atoms with Gasteiger partial charge in [0, 0.05) is 17.7 Å². The molecule has 1 aromatic rings. The summed E-state index contributed by atoms with van der Waals surface area (Å²) < 4.78 is 13.2. The second kappa shape index (κ2) is 4.61. The van der Waals surface area contributed by atoms with Crippen molar-refractivity contribution in [3.8, 4) is 0 Å². The van der Waals surface area contributed by atoms with Gasteiger partial charge in [-0.25, -0.2) is 4.39 Å². The van der Waals surface area contributed by atoms with E-state index in [0.29, 0.717) is 23.6 Å². The first-order valence-electron chi connectivity index (χ1n) is 5.42. The zero-order chi connectivity index (χ0) is 11.5. The SMILES string of the molecule is Cc1c(F)cccc1NC(=O)CC1CNC1. The van der Waals surface area contributed by atoms with Crippen LogP contribution < -0.4 is 10.6 Å². The number of hydrogen-bond acceptors (Lipinski definition) is 2. The summed E-state index contributed by atoms with van der Waals surface area (Å²) in [5, 5.41) is 5.85. The number of rotatable bonds is 3. The van der Waals surface area contributed by atoms with Crippen molar-refractivity contribution >= 4 is 11.6 Å². The van der Waals surface area contributed by atoms with E-state index in [9.17, 15) is 9.18 Å². The van der Waals surface area contributed by atoms with E-state index in [1.807, 2.05) is 0 Å². The Balaban J connectivity index is 1.97. The van der Waals surface area contributed by atoms with Gasteiger partial charge in [0.25, 0.3) is 0 Å². The molecular weight excluding hydrogens is 207 g/mol. The van der Waals surface area contributed by atoms with E-state index < -0.39 is 0 Å². The van der Waals surface area contributed by atoms with Crippen LogP contribution in [0.4, 0.5) is 10.1 Å². The van der Waals surface area contributed by atoms with E-state index in [-0.39, 0.29) is 11.7 Å². The highest BCUT2D eigenvalue weighted by Crippen LogP contribution is 2.18. The Hall–Kier alpha value is -1.42. The Kier molecular flexibility index (Phi) is 3.19. The van der Waals surface area contributed by atoms with Crippen LogP contribution in [-0.4, -0.2) is 19.0 Å². The highest BCUT2D eigenvalue weighted by atomic mass is 19.1. The van der Waals surface area contributed by atoms with Gasteiger partial charge in [-0.3, -0.25) is 4.79 Å². The lowest BCUT2D eigenvalue weighted by molar-refractivity contribution is -0.117. The van der Waals surface area contributed by atoms with Crippen LogP contribution in [0.5, 0.6) is 0 Å². The molecule has 0 spiro atoms. The fraction of sp³-hybridized carbons (Fsp3) is 0.417. The molecule has 1 aliphatic heterocycles. The van der Waals surface area contributed by atoms with Crippen molar-refractivity contribution in [1.82, 2.24) is 5.32 Å². The molecule has 4 heteroatoms. The highest BCUT2D eigenvalue weighted by molar-refractivity contribution is 5.91. The van der Waals surface area contributed by atoms with Gasteiger partial charge in [-0.15, -0.1) is 0 Å². The Morgan fingerprint density at radius 2 is 2.31 bits per heavy atom. The highest BCUT2D eigenvalue weighted by Gasteiger charge is 2.20. The van der Waals surface area contributed by atoms with E-state index in [1.54, 1.807) is 19.1 Å². The molecule has 1 amide bonds. The van der Waals surface area contributed by atoms with Crippen molar-refractivity contribution in [3.63, 3.8) is 0 Å². The van der Waals surface area contributed by atoms with Gasteiger partial charge in [-0.05, 0) is 38.1 Å². The van der Waals surface area contributed by atoms with Crippen molar-refractivity contribution in [2.75, 3.05) is 18.4 Å². The largest absolute Gasteiger partial charge is 0.326 e. The summed E-state index contributed by atoms with van der Waals surface area (Å²) >= 11 is 0. The van der Waals surface area contributed by atoms with Crippen LogP contribution in [0.1, 0.15) is 12.0 Å². The lowest BCUT2D eigenvalue weighted by atomic mass is 9.99. The molecule has 0 radical (unpaired) electrons. The Bertz CT molecular complexity index is 402. The Morgan fingerprint density at radius 3 is 2.94 bits per heavy atom. The molecule has 2 N–H and O–H groups in total.